The Bertz CT molecular complexity index is 1400. The number of carbonyl (C=O) groups is 2. The predicted octanol–water partition coefficient (Wildman–Crippen LogP) is 5.31. The van der Waals surface area contributed by atoms with Gasteiger partial charge in [0, 0.05) is 18.6 Å². The maximum atomic E-state index is 13.7. The number of amides is 2. The van der Waals surface area contributed by atoms with Crippen molar-refractivity contribution in [3.63, 3.8) is 0 Å². The zero-order valence-corrected chi connectivity index (χ0v) is 23.5. The third kappa shape index (κ3) is 6.96. The first kappa shape index (κ1) is 28.8. The largest absolute Gasteiger partial charge is 0.357 e. The smallest absolute Gasteiger partial charge is 0.264 e. The molecule has 3 aromatic carbocycles. The molecule has 0 bridgehead atoms. The van der Waals surface area contributed by atoms with E-state index in [9.17, 15) is 18.0 Å². The minimum Gasteiger partial charge on any atom is -0.357 e. The third-order valence-electron chi connectivity index (χ3n) is 5.73. The molecule has 0 radical (unpaired) electrons. The molecule has 0 unspecified atom stereocenters. The Hall–Kier alpha value is -2.78. The highest BCUT2D eigenvalue weighted by atomic mass is 35.5. The fourth-order valence-electron chi connectivity index (χ4n) is 3.62. The van der Waals surface area contributed by atoms with E-state index < -0.39 is 34.4 Å². The van der Waals surface area contributed by atoms with E-state index in [2.05, 4.69) is 5.32 Å². The molecule has 0 aliphatic carbocycles. The number of rotatable bonds is 9. The van der Waals surface area contributed by atoms with Crippen LogP contribution < -0.4 is 9.62 Å². The standard InChI is InChI=1S/C26H26Cl3N3O4S/c1-17-7-10-22(11-8-17)37(35,36)32(21-6-4-5-20(27)14-21)16-25(33)31(18(2)26(34)30-3)15-19-9-12-23(28)24(29)13-19/h4-14,18H,15-16H2,1-3H3,(H,30,34)/t18-/m1/s1. The van der Waals surface area contributed by atoms with Crippen molar-refractivity contribution in [1.82, 2.24) is 10.2 Å². The van der Waals surface area contributed by atoms with Crippen LogP contribution in [-0.2, 0) is 26.2 Å². The number of benzene rings is 3. The molecule has 0 aliphatic heterocycles. The Morgan fingerprint density at radius 3 is 2.22 bits per heavy atom. The van der Waals surface area contributed by atoms with Crippen molar-refractivity contribution in [1.29, 1.82) is 0 Å². The maximum absolute atomic E-state index is 13.7. The molecule has 0 aromatic heterocycles. The van der Waals surface area contributed by atoms with Crippen LogP contribution in [0.4, 0.5) is 5.69 Å². The van der Waals surface area contributed by atoms with Gasteiger partial charge in [-0.2, -0.15) is 0 Å². The zero-order chi connectivity index (χ0) is 27.3. The molecule has 0 fully saturated rings. The second-order valence-electron chi connectivity index (χ2n) is 8.36. The van der Waals surface area contributed by atoms with E-state index in [-0.39, 0.29) is 17.1 Å². The number of hydrogen-bond acceptors (Lipinski definition) is 4. The second-order valence-corrected chi connectivity index (χ2v) is 11.5. The van der Waals surface area contributed by atoms with Crippen molar-refractivity contribution in [2.75, 3.05) is 17.9 Å². The monoisotopic (exact) mass is 581 g/mol. The van der Waals surface area contributed by atoms with Crippen LogP contribution in [0.15, 0.2) is 71.6 Å². The molecular weight excluding hydrogens is 557 g/mol. The van der Waals surface area contributed by atoms with Gasteiger partial charge in [0.15, 0.2) is 0 Å². The SMILES string of the molecule is CNC(=O)[C@@H](C)N(Cc1ccc(Cl)c(Cl)c1)C(=O)CN(c1cccc(Cl)c1)S(=O)(=O)c1ccc(C)cc1. The van der Waals surface area contributed by atoms with Gasteiger partial charge in [0.2, 0.25) is 11.8 Å². The molecule has 0 spiro atoms. The van der Waals surface area contributed by atoms with Crippen LogP contribution in [0.1, 0.15) is 18.1 Å². The molecule has 1 atom stereocenters. The summed E-state index contributed by atoms with van der Waals surface area (Å²) in [7, 11) is -2.71. The summed E-state index contributed by atoms with van der Waals surface area (Å²) in [5.41, 5.74) is 1.72. The molecule has 0 heterocycles. The normalized spacial score (nSPS) is 12.1. The molecule has 11 heteroatoms. The van der Waals surface area contributed by atoms with Gasteiger partial charge >= 0.3 is 0 Å². The van der Waals surface area contributed by atoms with Crippen LogP contribution in [0.2, 0.25) is 15.1 Å². The van der Waals surface area contributed by atoms with Gasteiger partial charge in [-0.3, -0.25) is 13.9 Å². The molecule has 7 nitrogen and oxygen atoms in total. The molecule has 0 saturated heterocycles. The summed E-state index contributed by atoms with van der Waals surface area (Å²) in [6.45, 7) is 2.83. The van der Waals surface area contributed by atoms with Crippen LogP contribution >= 0.6 is 34.8 Å². The van der Waals surface area contributed by atoms with Crippen LogP contribution in [0, 0.1) is 6.92 Å². The van der Waals surface area contributed by atoms with Gasteiger partial charge in [0.25, 0.3) is 10.0 Å². The topological polar surface area (TPSA) is 86.8 Å². The number of nitrogens with zero attached hydrogens (tertiary/aromatic N) is 2. The lowest BCUT2D eigenvalue weighted by Gasteiger charge is -2.32. The quantitative estimate of drug-likeness (QED) is 0.370. The summed E-state index contributed by atoms with van der Waals surface area (Å²) < 4.78 is 28.4. The van der Waals surface area contributed by atoms with Crippen molar-refractivity contribution in [2.45, 2.75) is 31.3 Å². The summed E-state index contributed by atoms with van der Waals surface area (Å²) in [6.07, 6.45) is 0. The Morgan fingerprint density at radius 2 is 1.62 bits per heavy atom. The van der Waals surface area contributed by atoms with E-state index in [1.165, 1.54) is 30.1 Å². The molecule has 3 aromatic rings. The number of anilines is 1. The molecule has 1 N–H and O–H groups in total. The van der Waals surface area contributed by atoms with Gasteiger partial charge in [0.1, 0.15) is 12.6 Å². The highest BCUT2D eigenvalue weighted by Gasteiger charge is 2.32. The van der Waals surface area contributed by atoms with Crippen LogP contribution in [0.5, 0.6) is 0 Å². The lowest BCUT2D eigenvalue weighted by molar-refractivity contribution is -0.139. The fraction of sp³-hybridized carbons (Fsp3) is 0.231. The Labute approximate surface area is 232 Å². The first-order valence-electron chi connectivity index (χ1n) is 11.2. The molecule has 0 aliphatic rings. The minimum atomic E-state index is -4.16. The van der Waals surface area contributed by atoms with Gasteiger partial charge < -0.3 is 10.2 Å². The first-order chi connectivity index (χ1) is 17.4. The van der Waals surface area contributed by atoms with E-state index in [1.54, 1.807) is 55.5 Å². The number of hydrogen-bond donors (Lipinski definition) is 1. The summed E-state index contributed by atoms with van der Waals surface area (Å²) in [5.74, 6) is -1.01. The van der Waals surface area contributed by atoms with E-state index in [0.717, 1.165) is 9.87 Å². The number of aryl methyl sites for hydroxylation is 1. The number of sulfonamides is 1. The Balaban J connectivity index is 2.04. The molecule has 196 valence electrons. The first-order valence-corrected chi connectivity index (χ1v) is 13.8. The minimum absolute atomic E-state index is 0.00171. The zero-order valence-electron chi connectivity index (χ0n) is 20.4. The molecule has 0 saturated carbocycles. The summed E-state index contributed by atoms with van der Waals surface area (Å²) in [6, 6.07) is 16.5. The van der Waals surface area contributed by atoms with Gasteiger partial charge in [-0.05, 0) is 61.9 Å². The highest BCUT2D eigenvalue weighted by molar-refractivity contribution is 7.92. The van der Waals surface area contributed by atoms with Crippen LogP contribution in [0.25, 0.3) is 0 Å². The van der Waals surface area contributed by atoms with Gasteiger partial charge in [-0.1, -0.05) is 64.6 Å². The number of likely N-dealkylation sites (N-methyl/N-ethyl adjacent to an activating group) is 1. The Kier molecular flexibility index (Phi) is 9.47. The third-order valence-corrected chi connectivity index (χ3v) is 8.50. The molecule has 3 rings (SSSR count). The second kappa shape index (κ2) is 12.2. The van der Waals surface area contributed by atoms with Crippen molar-refractivity contribution >= 4 is 62.3 Å². The van der Waals surface area contributed by atoms with Crippen LogP contribution in [0.3, 0.4) is 0 Å². The van der Waals surface area contributed by atoms with Gasteiger partial charge in [0.05, 0.1) is 20.6 Å². The van der Waals surface area contributed by atoms with E-state index in [4.69, 9.17) is 34.8 Å². The van der Waals surface area contributed by atoms with E-state index in [0.29, 0.717) is 20.6 Å². The lowest BCUT2D eigenvalue weighted by atomic mass is 10.1. The van der Waals surface area contributed by atoms with Crippen molar-refractivity contribution in [3.05, 3.63) is 92.9 Å². The van der Waals surface area contributed by atoms with Gasteiger partial charge in [-0.25, -0.2) is 8.42 Å². The predicted molar refractivity (Wildman–Crippen MR) is 148 cm³/mol. The summed E-state index contributed by atoms with van der Waals surface area (Å²) >= 11 is 18.3. The molecular formula is C26H26Cl3N3O4S. The van der Waals surface area contributed by atoms with Crippen molar-refractivity contribution in [3.8, 4) is 0 Å². The van der Waals surface area contributed by atoms with Crippen molar-refractivity contribution < 1.29 is 18.0 Å². The average Bonchev–Trinajstić information content (AvgIpc) is 2.87. The van der Waals surface area contributed by atoms with Crippen LogP contribution in [-0.4, -0.2) is 44.8 Å². The number of halogens is 3. The van der Waals surface area contributed by atoms with E-state index >= 15 is 0 Å². The molecule has 2 amide bonds. The summed E-state index contributed by atoms with van der Waals surface area (Å²) in [4.78, 5) is 27.5. The summed E-state index contributed by atoms with van der Waals surface area (Å²) in [5, 5.41) is 3.48. The Morgan fingerprint density at radius 1 is 0.946 bits per heavy atom. The van der Waals surface area contributed by atoms with E-state index in [1.807, 2.05) is 6.92 Å². The average molecular weight is 583 g/mol. The number of nitrogens with one attached hydrogen (secondary N) is 1. The van der Waals surface area contributed by atoms with Gasteiger partial charge in [-0.15, -0.1) is 0 Å². The molecule has 37 heavy (non-hydrogen) atoms. The van der Waals surface area contributed by atoms with Crippen molar-refractivity contribution in [2.24, 2.45) is 0 Å². The number of carbonyl (C=O) groups excluding carboxylic acids is 2. The lowest BCUT2D eigenvalue weighted by Crippen LogP contribution is -2.50. The highest BCUT2D eigenvalue weighted by Crippen LogP contribution is 2.28. The fourth-order valence-corrected chi connectivity index (χ4v) is 5.53. The maximum Gasteiger partial charge on any atom is 0.264 e.